The van der Waals surface area contributed by atoms with Crippen LogP contribution in [0.3, 0.4) is 0 Å². The van der Waals surface area contributed by atoms with E-state index >= 15 is 0 Å². The van der Waals surface area contributed by atoms with Crippen LogP contribution < -0.4 is 5.32 Å². The molecule has 0 aliphatic carbocycles. The fraction of sp³-hybridized carbons (Fsp3) is 0.429. The maximum atomic E-state index is 13.6. The van der Waals surface area contributed by atoms with Crippen molar-refractivity contribution in [3.8, 4) is 0 Å². The van der Waals surface area contributed by atoms with Gasteiger partial charge in [-0.15, -0.1) is 0 Å². The van der Waals surface area contributed by atoms with Gasteiger partial charge in [-0.25, -0.2) is 9.18 Å². The number of carbonyl (C=O) groups excluding carboxylic acids is 2. The van der Waals surface area contributed by atoms with Gasteiger partial charge in [-0.05, 0) is 31.0 Å². The van der Waals surface area contributed by atoms with Crippen LogP contribution in [0.2, 0.25) is 0 Å². The molecule has 1 heterocycles. The van der Waals surface area contributed by atoms with Gasteiger partial charge in [-0.2, -0.15) is 0 Å². The molecule has 0 spiro atoms. The Morgan fingerprint density at radius 1 is 1.53 bits per heavy atom. The van der Waals surface area contributed by atoms with E-state index in [0.717, 1.165) is 0 Å². The van der Waals surface area contributed by atoms with Gasteiger partial charge < -0.3 is 10.1 Å². The number of carbonyl (C=O) groups is 2. The molecule has 2 unspecified atom stereocenters. The quantitative estimate of drug-likeness (QED) is 0.846. The molecule has 0 radical (unpaired) electrons. The van der Waals surface area contributed by atoms with E-state index in [4.69, 9.17) is 4.74 Å². The number of ether oxygens (including phenoxy) is 1. The lowest BCUT2D eigenvalue weighted by Crippen LogP contribution is -2.37. The zero-order valence-corrected chi connectivity index (χ0v) is 10.9. The van der Waals surface area contributed by atoms with Crippen molar-refractivity contribution >= 4 is 11.9 Å². The number of nitrogens with one attached hydrogen (secondary N) is 1. The summed E-state index contributed by atoms with van der Waals surface area (Å²) in [6.45, 7) is 3.62. The SMILES string of the molecule is CCOC(=O)C1NC(=O)CC1c1ccc(C)c(F)c1. The van der Waals surface area contributed by atoms with E-state index < -0.39 is 12.0 Å². The summed E-state index contributed by atoms with van der Waals surface area (Å²) >= 11 is 0. The summed E-state index contributed by atoms with van der Waals surface area (Å²) in [4.78, 5) is 23.3. The Bertz CT molecular complexity index is 515. The molecule has 0 saturated carbocycles. The minimum atomic E-state index is -0.727. The van der Waals surface area contributed by atoms with Crippen LogP contribution >= 0.6 is 0 Å². The summed E-state index contributed by atoms with van der Waals surface area (Å²) < 4.78 is 18.5. The third kappa shape index (κ3) is 2.75. The van der Waals surface area contributed by atoms with Gasteiger partial charge >= 0.3 is 5.97 Å². The highest BCUT2D eigenvalue weighted by atomic mass is 19.1. The Morgan fingerprint density at radius 2 is 2.26 bits per heavy atom. The lowest BCUT2D eigenvalue weighted by molar-refractivity contribution is -0.146. The molecule has 1 amide bonds. The number of hydrogen-bond donors (Lipinski definition) is 1. The van der Waals surface area contributed by atoms with E-state index in [1.54, 1.807) is 26.0 Å². The van der Waals surface area contributed by atoms with Gasteiger partial charge in [-0.1, -0.05) is 12.1 Å². The first-order valence-electron chi connectivity index (χ1n) is 6.25. The van der Waals surface area contributed by atoms with Crippen LogP contribution in [0.5, 0.6) is 0 Å². The Labute approximate surface area is 110 Å². The molecule has 1 aromatic carbocycles. The number of hydrogen-bond acceptors (Lipinski definition) is 3. The second-order valence-electron chi connectivity index (χ2n) is 4.62. The molecule has 4 nitrogen and oxygen atoms in total. The summed E-state index contributed by atoms with van der Waals surface area (Å²) in [5, 5.41) is 2.59. The highest BCUT2D eigenvalue weighted by molar-refractivity contribution is 5.90. The van der Waals surface area contributed by atoms with Gasteiger partial charge in [0.05, 0.1) is 6.61 Å². The van der Waals surface area contributed by atoms with Crippen LogP contribution in [0.4, 0.5) is 4.39 Å². The molecule has 0 bridgehead atoms. The Balaban J connectivity index is 2.27. The van der Waals surface area contributed by atoms with E-state index in [0.29, 0.717) is 11.1 Å². The molecule has 1 saturated heterocycles. The minimum absolute atomic E-state index is 0.173. The fourth-order valence-corrected chi connectivity index (χ4v) is 2.26. The summed E-state index contributed by atoms with van der Waals surface area (Å²) in [5.74, 6) is -1.40. The van der Waals surface area contributed by atoms with E-state index in [-0.39, 0.29) is 30.7 Å². The highest BCUT2D eigenvalue weighted by Gasteiger charge is 2.39. The second kappa shape index (κ2) is 5.38. The zero-order chi connectivity index (χ0) is 14.0. The monoisotopic (exact) mass is 265 g/mol. The third-order valence-electron chi connectivity index (χ3n) is 3.29. The predicted molar refractivity (Wildman–Crippen MR) is 67.1 cm³/mol. The standard InChI is InChI=1S/C14H16FNO3/c1-3-19-14(18)13-10(7-12(17)16-13)9-5-4-8(2)11(15)6-9/h4-6,10,13H,3,7H2,1-2H3,(H,16,17). The zero-order valence-electron chi connectivity index (χ0n) is 10.9. The first kappa shape index (κ1) is 13.5. The number of aryl methyl sites for hydroxylation is 1. The molecule has 1 fully saturated rings. The van der Waals surface area contributed by atoms with Crippen molar-refractivity contribution in [2.75, 3.05) is 6.61 Å². The number of amides is 1. The van der Waals surface area contributed by atoms with E-state index in [9.17, 15) is 14.0 Å². The van der Waals surface area contributed by atoms with Crippen molar-refractivity contribution in [1.82, 2.24) is 5.32 Å². The largest absolute Gasteiger partial charge is 0.464 e. The third-order valence-corrected chi connectivity index (χ3v) is 3.29. The molecule has 19 heavy (non-hydrogen) atoms. The first-order chi connectivity index (χ1) is 9.02. The maximum Gasteiger partial charge on any atom is 0.329 e. The Hall–Kier alpha value is -1.91. The molecular weight excluding hydrogens is 249 g/mol. The average molecular weight is 265 g/mol. The molecule has 1 aliphatic heterocycles. The molecule has 1 aliphatic rings. The van der Waals surface area contributed by atoms with E-state index in [1.165, 1.54) is 6.07 Å². The van der Waals surface area contributed by atoms with Crippen molar-refractivity contribution in [2.45, 2.75) is 32.2 Å². The fourth-order valence-electron chi connectivity index (χ4n) is 2.26. The number of esters is 1. The van der Waals surface area contributed by atoms with Crippen molar-refractivity contribution in [1.29, 1.82) is 0 Å². The lowest BCUT2D eigenvalue weighted by Gasteiger charge is -2.17. The molecule has 1 aromatic rings. The summed E-state index contributed by atoms with van der Waals surface area (Å²) in [7, 11) is 0. The molecule has 1 N–H and O–H groups in total. The summed E-state index contributed by atoms with van der Waals surface area (Å²) in [5.41, 5.74) is 1.17. The van der Waals surface area contributed by atoms with Crippen LogP contribution in [-0.4, -0.2) is 24.5 Å². The van der Waals surface area contributed by atoms with Crippen LogP contribution in [0.15, 0.2) is 18.2 Å². The normalized spacial score (nSPS) is 22.2. The molecule has 0 aromatic heterocycles. The number of rotatable bonds is 3. The highest BCUT2D eigenvalue weighted by Crippen LogP contribution is 2.30. The summed E-state index contributed by atoms with van der Waals surface area (Å²) in [6, 6.07) is 4.05. The van der Waals surface area contributed by atoms with E-state index in [2.05, 4.69) is 5.32 Å². The van der Waals surface area contributed by atoms with Crippen LogP contribution in [0.1, 0.15) is 30.4 Å². The second-order valence-corrected chi connectivity index (χ2v) is 4.62. The smallest absolute Gasteiger partial charge is 0.329 e. The average Bonchev–Trinajstić information content (AvgIpc) is 2.75. The van der Waals surface area contributed by atoms with Crippen LogP contribution in [0.25, 0.3) is 0 Å². The van der Waals surface area contributed by atoms with Gasteiger partial charge in [0.15, 0.2) is 0 Å². The van der Waals surface area contributed by atoms with Gasteiger partial charge in [0, 0.05) is 12.3 Å². The molecular formula is C14H16FNO3. The Kier molecular flexibility index (Phi) is 3.83. The van der Waals surface area contributed by atoms with Gasteiger partial charge in [0.25, 0.3) is 0 Å². The van der Waals surface area contributed by atoms with Gasteiger partial charge in [-0.3, -0.25) is 4.79 Å². The van der Waals surface area contributed by atoms with Crippen LogP contribution in [-0.2, 0) is 14.3 Å². The molecule has 102 valence electrons. The predicted octanol–water partition coefficient (Wildman–Crippen LogP) is 1.67. The van der Waals surface area contributed by atoms with Gasteiger partial charge in [0.2, 0.25) is 5.91 Å². The number of halogens is 1. The van der Waals surface area contributed by atoms with Crippen molar-refractivity contribution in [2.24, 2.45) is 0 Å². The minimum Gasteiger partial charge on any atom is -0.464 e. The van der Waals surface area contributed by atoms with E-state index in [1.807, 2.05) is 0 Å². The van der Waals surface area contributed by atoms with Crippen molar-refractivity contribution in [3.63, 3.8) is 0 Å². The summed E-state index contributed by atoms with van der Waals surface area (Å²) in [6.07, 6.45) is 0.173. The van der Waals surface area contributed by atoms with Crippen molar-refractivity contribution in [3.05, 3.63) is 35.1 Å². The first-order valence-corrected chi connectivity index (χ1v) is 6.25. The molecule has 2 atom stereocenters. The Morgan fingerprint density at radius 3 is 2.89 bits per heavy atom. The maximum absolute atomic E-state index is 13.6. The van der Waals surface area contributed by atoms with Gasteiger partial charge in [0.1, 0.15) is 11.9 Å². The lowest BCUT2D eigenvalue weighted by atomic mass is 9.91. The van der Waals surface area contributed by atoms with Crippen molar-refractivity contribution < 1.29 is 18.7 Å². The molecule has 2 rings (SSSR count). The number of benzene rings is 1. The molecule has 5 heteroatoms. The topological polar surface area (TPSA) is 55.4 Å². The van der Waals surface area contributed by atoms with Crippen LogP contribution in [0, 0.1) is 12.7 Å².